The van der Waals surface area contributed by atoms with Crippen LogP contribution in [-0.4, -0.2) is 29.0 Å². The van der Waals surface area contributed by atoms with E-state index in [-0.39, 0.29) is 17.4 Å². The molecule has 0 bridgehead atoms. The zero-order valence-corrected chi connectivity index (χ0v) is 16.8. The molecule has 0 atom stereocenters. The number of benzene rings is 1. The van der Waals surface area contributed by atoms with Crippen LogP contribution < -0.4 is 10.6 Å². The van der Waals surface area contributed by atoms with Crippen molar-refractivity contribution >= 4 is 17.3 Å². The zero-order valence-electron chi connectivity index (χ0n) is 16.0. The molecule has 0 unspecified atom stereocenters. The van der Waals surface area contributed by atoms with Crippen molar-refractivity contribution in [3.8, 4) is 11.5 Å². The molecule has 0 amide bonds. The average molecular weight is 441 g/mol. The number of nitrogens with zero attached hydrogens (tertiary/aromatic N) is 3. The van der Waals surface area contributed by atoms with E-state index in [2.05, 4.69) is 25.6 Å². The van der Waals surface area contributed by atoms with E-state index in [0.717, 1.165) is 16.7 Å². The fourth-order valence-corrected chi connectivity index (χ4v) is 3.18. The number of hydrogen-bond donors (Lipinski definition) is 2. The molecule has 2 aromatic heterocycles. The Balaban J connectivity index is 1.54. The lowest BCUT2D eigenvalue weighted by Gasteiger charge is -2.10. The predicted octanol–water partition coefficient (Wildman–Crippen LogP) is 4.25. The molecule has 0 saturated carbocycles. The molecule has 3 rings (SSSR count). The van der Waals surface area contributed by atoms with E-state index >= 15 is 0 Å². The van der Waals surface area contributed by atoms with Gasteiger partial charge in [-0.25, -0.2) is 19.4 Å². The molecule has 6 nitrogen and oxygen atoms in total. The Morgan fingerprint density at radius 1 is 1.17 bits per heavy atom. The second kappa shape index (κ2) is 9.70. The van der Waals surface area contributed by atoms with E-state index in [9.17, 15) is 17.6 Å². The zero-order chi connectivity index (χ0) is 21.6. The van der Waals surface area contributed by atoms with E-state index in [0.29, 0.717) is 42.6 Å². The lowest BCUT2D eigenvalue weighted by molar-refractivity contribution is -0.140. The van der Waals surface area contributed by atoms with Crippen LogP contribution in [0.15, 0.2) is 45.3 Å². The van der Waals surface area contributed by atoms with Gasteiger partial charge in [-0.2, -0.15) is 13.2 Å². The van der Waals surface area contributed by atoms with Gasteiger partial charge in [0.05, 0.1) is 12.2 Å². The molecule has 30 heavy (non-hydrogen) atoms. The SMILES string of the molecule is CCNC(=NCc1nc(C(F)(F)F)cs1)NCCc1coc(-c2ccc(F)cc2)n1. The van der Waals surface area contributed by atoms with Crippen molar-refractivity contribution in [1.82, 2.24) is 20.6 Å². The van der Waals surface area contributed by atoms with Crippen molar-refractivity contribution in [2.45, 2.75) is 26.1 Å². The van der Waals surface area contributed by atoms with Crippen molar-refractivity contribution < 1.29 is 22.0 Å². The van der Waals surface area contributed by atoms with Crippen LogP contribution in [0.2, 0.25) is 0 Å². The standard InChI is InChI=1S/C19H19F4N5OS/c1-2-24-18(26-9-16-28-15(11-30-16)19(21,22)23)25-8-7-14-10-29-17(27-14)12-3-5-13(20)6-4-12/h3-6,10-11H,2,7-9H2,1H3,(H2,24,25,26). The minimum atomic E-state index is -4.45. The Morgan fingerprint density at radius 3 is 2.60 bits per heavy atom. The van der Waals surface area contributed by atoms with Crippen LogP contribution >= 0.6 is 11.3 Å². The van der Waals surface area contributed by atoms with E-state index < -0.39 is 11.9 Å². The Kier molecular flexibility index (Phi) is 7.03. The van der Waals surface area contributed by atoms with Crippen molar-refractivity contribution in [3.63, 3.8) is 0 Å². The van der Waals surface area contributed by atoms with Gasteiger partial charge in [-0.15, -0.1) is 11.3 Å². The summed E-state index contributed by atoms with van der Waals surface area (Å²) in [4.78, 5) is 12.2. The first kappa shape index (κ1) is 21.8. The van der Waals surface area contributed by atoms with Gasteiger partial charge in [-0.1, -0.05) is 0 Å². The van der Waals surface area contributed by atoms with E-state index in [1.807, 2.05) is 6.92 Å². The molecule has 2 N–H and O–H groups in total. The van der Waals surface area contributed by atoms with E-state index in [1.54, 1.807) is 12.1 Å². The number of nitrogens with one attached hydrogen (secondary N) is 2. The maximum atomic E-state index is 13.0. The van der Waals surface area contributed by atoms with Crippen molar-refractivity contribution in [2.75, 3.05) is 13.1 Å². The van der Waals surface area contributed by atoms with Crippen LogP contribution in [0.5, 0.6) is 0 Å². The molecule has 0 aliphatic carbocycles. The number of thiazole rings is 1. The van der Waals surface area contributed by atoms with Gasteiger partial charge in [-0.3, -0.25) is 0 Å². The molecule has 0 aliphatic heterocycles. The molecule has 0 saturated heterocycles. The predicted molar refractivity (Wildman–Crippen MR) is 106 cm³/mol. The molecule has 3 aromatic rings. The number of aromatic nitrogens is 2. The highest BCUT2D eigenvalue weighted by molar-refractivity contribution is 7.09. The molecule has 2 heterocycles. The van der Waals surface area contributed by atoms with Crippen molar-refractivity contribution in [3.05, 3.63) is 58.1 Å². The van der Waals surface area contributed by atoms with E-state index in [1.165, 1.54) is 18.4 Å². The van der Waals surface area contributed by atoms with Crippen LogP contribution in [0.3, 0.4) is 0 Å². The van der Waals surface area contributed by atoms with Crippen molar-refractivity contribution in [2.24, 2.45) is 4.99 Å². The summed E-state index contributed by atoms with van der Waals surface area (Å²) < 4.78 is 56.3. The topological polar surface area (TPSA) is 75.3 Å². The average Bonchev–Trinajstić information content (AvgIpc) is 3.36. The minimum absolute atomic E-state index is 0.0365. The first-order valence-electron chi connectivity index (χ1n) is 9.09. The second-order valence-corrected chi connectivity index (χ2v) is 7.09. The summed E-state index contributed by atoms with van der Waals surface area (Å²) in [6.45, 7) is 2.99. The van der Waals surface area contributed by atoms with Gasteiger partial charge in [0, 0.05) is 30.5 Å². The van der Waals surface area contributed by atoms with Gasteiger partial charge in [0.25, 0.3) is 0 Å². The summed E-state index contributed by atoms with van der Waals surface area (Å²) in [6.07, 6.45) is -2.39. The van der Waals surface area contributed by atoms with E-state index in [4.69, 9.17) is 4.42 Å². The Morgan fingerprint density at radius 2 is 1.93 bits per heavy atom. The number of halogens is 4. The second-order valence-electron chi connectivity index (χ2n) is 6.15. The van der Waals surface area contributed by atoms with Gasteiger partial charge >= 0.3 is 6.18 Å². The maximum absolute atomic E-state index is 13.0. The normalized spacial score (nSPS) is 12.2. The first-order chi connectivity index (χ1) is 14.3. The number of alkyl halides is 3. The fraction of sp³-hybridized carbons (Fsp3) is 0.316. The number of guanidine groups is 1. The fourth-order valence-electron chi connectivity index (χ4n) is 2.46. The smallest absolute Gasteiger partial charge is 0.434 e. The molecule has 1 aromatic carbocycles. The van der Waals surface area contributed by atoms with Crippen molar-refractivity contribution in [1.29, 1.82) is 0 Å². The molecule has 160 valence electrons. The molecule has 0 radical (unpaired) electrons. The summed E-state index contributed by atoms with van der Waals surface area (Å²) in [7, 11) is 0. The number of oxazole rings is 1. The highest BCUT2D eigenvalue weighted by atomic mass is 32.1. The Hall–Kier alpha value is -2.95. The van der Waals surface area contributed by atoms with Crippen LogP contribution in [0.4, 0.5) is 17.6 Å². The largest absolute Gasteiger partial charge is 0.444 e. The highest BCUT2D eigenvalue weighted by Gasteiger charge is 2.33. The van der Waals surface area contributed by atoms with Crippen LogP contribution in [-0.2, 0) is 19.1 Å². The lowest BCUT2D eigenvalue weighted by atomic mass is 10.2. The molecular formula is C19H19F4N5OS. The maximum Gasteiger partial charge on any atom is 0.434 e. The summed E-state index contributed by atoms with van der Waals surface area (Å²) in [5.74, 6) is 0.524. The first-order valence-corrected chi connectivity index (χ1v) is 9.97. The molecule has 0 spiro atoms. The molecule has 0 fully saturated rings. The molecule has 11 heteroatoms. The van der Waals surface area contributed by atoms with Gasteiger partial charge in [0.1, 0.15) is 17.1 Å². The summed E-state index contributed by atoms with van der Waals surface area (Å²) in [5.41, 5.74) is 0.471. The third-order valence-corrected chi connectivity index (χ3v) is 4.71. The molecular weight excluding hydrogens is 422 g/mol. The Bertz CT molecular complexity index is 981. The highest BCUT2D eigenvalue weighted by Crippen LogP contribution is 2.30. The quantitative estimate of drug-likeness (QED) is 0.326. The third-order valence-electron chi connectivity index (χ3n) is 3.88. The third kappa shape index (κ3) is 6.02. The van der Waals surface area contributed by atoms with Gasteiger partial charge in [0.15, 0.2) is 11.7 Å². The Labute approximate surface area is 174 Å². The summed E-state index contributed by atoms with van der Waals surface area (Å²) in [5, 5.41) is 7.38. The van der Waals surface area contributed by atoms with Gasteiger partial charge in [-0.05, 0) is 31.2 Å². The van der Waals surface area contributed by atoms with Gasteiger partial charge in [0.2, 0.25) is 5.89 Å². The number of hydrogen-bond acceptors (Lipinski definition) is 5. The van der Waals surface area contributed by atoms with Crippen LogP contribution in [0.1, 0.15) is 23.3 Å². The summed E-state index contributed by atoms with van der Waals surface area (Å²) in [6, 6.07) is 5.84. The number of aliphatic imine (C=N–C) groups is 1. The van der Waals surface area contributed by atoms with Crippen LogP contribution in [0.25, 0.3) is 11.5 Å². The van der Waals surface area contributed by atoms with Crippen LogP contribution in [0, 0.1) is 5.82 Å². The van der Waals surface area contributed by atoms with Gasteiger partial charge < -0.3 is 15.1 Å². The summed E-state index contributed by atoms with van der Waals surface area (Å²) >= 11 is 0.919. The monoisotopic (exact) mass is 441 g/mol. The number of rotatable bonds is 7. The molecule has 0 aliphatic rings. The lowest BCUT2D eigenvalue weighted by Crippen LogP contribution is -2.38. The minimum Gasteiger partial charge on any atom is -0.444 e.